The van der Waals surface area contributed by atoms with Crippen LogP contribution in [-0.4, -0.2) is 30.3 Å². The maximum Gasteiger partial charge on any atom is 0.255 e. The number of hydrogen-bond donors (Lipinski definition) is 3. The van der Waals surface area contributed by atoms with Crippen LogP contribution in [0, 0.1) is 0 Å². The van der Waals surface area contributed by atoms with Gasteiger partial charge in [-0.25, -0.2) is 0 Å². The average Bonchev–Trinajstić information content (AvgIpc) is 3.00. The first-order chi connectivity index (χ1) is 20.1. The van der Waals surface area contributed by atoms with Crippen LogP contribution in [0.5, 0.6) is 0 Å². The molecule has 0 radical (unpaired) electrons. The Labute approximate surface area is 250 Å². The van der Waals surface area contributed by atoms with Gasteiger partial charge in [-0.1, -0.05) is 93.6 Å². The minimum absolute atomic E-state index is 0.000654. The summed E-state index contributed by atoms with van der Waals surface area (Å²) >= 11 is 0. The summed E-state index contributed by atoms with van der Waals surface area (Å²) in [7, 11) is 2.07. The number of nitrogens with one attached hydrogen (secondary N) is 2. The molecule has 0 heterocycles. The van der Waals surface area contributed by atoms with E-state index in [9.17, 15) is 9.59 Å². The normalized spacial score (nSPS) is 11.4. The summed E-state index contributed by atoms with van der Waals surface area (Å²) in [5, 5.41) is 6.08. The summed E-state index contributed by atoms with van der Waals surface area (Å²) in [4.78, 5) is 28.7. The molecule has 4 rings (SSSR count). The van der Waals surface area contributed by atoms with Gasteiger partial charge in [0, 0.05) is 43.0 Å². The molecule has 0 saturated carbocycles. The molecule has 0 aliphatic heterocycles. The highest BCUT2D eigenvalue weighted by atomic mass is 16.2. The molecule has 0 unspecified atom stereocenters. The standard InChI is InChI=1S/C36H42N4O2/c1-36(2,3)32-18-16-29(17-19-32)35(42)39-33-22-30(34(41)38-24-28-12-10-27(23-37)11-13-28)14-15-31(33)25-40(4)21-20-26-8-6-5-7-9-26/h5-19,22H,20-21,23-25,37H2,1-4H3,(H,38,41)(H,39,42). The van der Waals surface area contributed by atoms with Gasteiger partial charge >= 0.3 is 0 Å². The van der Waals surface area contributed by atoms with Crippen LogP contribution in [0.1, 0.15) is 69.3 Å². The predicted molar refractivity (Wildman–Crippen MR) is 172 cm³/mol. The molecule has 42 heavy (non-hydrogen) atoms. The monoisotopic (exact) mass is 562 g/mol. The highest BCUT2D eigenvalue weighted by Gasteiger charge is 2.17. The molecule has 4 aromatic rings. The van der Waals surface area contributed by atoms with E-state index in [-0.39, 0.29) is 17.2 Å². The quantitative estimate of drug-likeness (QED) is 0.200. The van der Waals surface area contributed by atoms with Crippen LogP contribution in [0.2, 0.25) is 0 Å². The zero-order valence-electron chi connectivity index (χ0n) is 25.1. The van der Waals surface area contributed by atoms with Crippen molar-refractivity contribution in [1.29, 1.82) is 0 Å². The van der Waals surface area contributed by atoms with Crippen LogP contribution in [0.25, 0.3) is 0 Å². The van der Waals surface area contributed by atoms with Gasteiger partial charge in [-0.05, 0) is 71.0 Å². The van der Waals surface area contributed by atoms with Crippen molar-refractivity contribution in [2.24, 2.45) is 5.73 Å². The van der Waals surface area contributed by atoms with Gasteiger partial charge in [0.25, 0.3) is 11.8 Å². The third kappa shape index (κ3) is 8.62. The molecule has 4 aromatic carbocycles. The van der Waals surface area contributed by atoms with E-state index in [2.05, 4.69) is 67.6 Å². The fourth-order valence-corrected chi connectivity index (χ4v) is 4.70. The van der Waals surface area contributed by atoms with E-state index in [1.54, 1.807) is 6.07 Å². The van der Waals surface area contributed by atoms with Crippen LogP contribution in [0.15, 0.2) is 97.1 Å². The molecule has 0 bridgehead atoms. The summed E-state index contributed by atoms with van der Waals surface area (Å²) in [6.07, 6.45) is 0.923. The zero-order valence-corrected chi connectivity index (χ0v) is 25.1. The minimum atomic E-state index is -0.207. The maximum atomic E-state index is 13.3. The Balaban J connectivity index is 1.51. The van der Waals surface area contributed by atoms with E-state index >= 15 is 0 Å². The molecule has 218 valence electrons. The number of rotatable bonds is 11. The second-order valence-electron chi connectivity index (χ2n) is 11.8. The van der Waals surface area contributed by atoms with Gasteiger partial charge in [0.2, 0.25) is 0 Å². The van der Waals surface area contributed by atoms with Crippen molar-refractivity contribution in [2.45, 2.75) is 52.2 Å². The first-order valence-electron chi connectivity index (χ1n) is 14.5. The number of hydrogen-bond acceptors (Lipinski definition) is 4. The molecule has 0 atom stereocenters. The zero-order chi connectivity index (χ0) is 30.1. The van der Waals surface area contributed by atoms with Gasteiger partial charge in [-0.15, -0.1) is 0 Å². The summed E-state index contributed by atoms with van der Waals surface area (Å²) in [6, 6.07) is 31.5. The second kappa shape index (κ2) is 14.1. The second-order valence-corrected chi connectivity index (χ2v) is 11.8. The van der Waals surface area contributed by atoms with Crippen molar-refractivity contribution in [2.75, 3.05) is 18.9 Å². The van der Waals surface area contributed by atoms with Crippen molar-refractivity contribution in [1.82, 2.24) is 10.2 Å². The Morgan fingerprint density at radius 3 is 2.05 bits per heavy atom. The van der Waals surface area contributed by atoms with E-state index in [1.165, 1.54) is 5.56 Å². The lowest BCUT2D eigenvalue weighted by Crippen LogP contribution is -2.25. The van der Waals surface area contributed by atoms with Crippen molar-refractivity contribution >= 4 is 17.5 Å². The van der Waals surface area contributed by atoms with E-state index in [4.69, 9.17) is 5.73 Å². The first-order valence-corrected chi connectivity index (χ1v) is 14.5. The Bertz CT molecular complexity index is 1470. The smallest absolute Gasteiger partial charge is 0.255 e. The van der Waals surface area contributed by atoms with Crippen LogP contribution in [0.4, 0.5) is 5.69 Å². The Morgan fingerprint density at radius 2 is 1.40 bits per heavy atom. The fraction of sp³-hybridized carbons (Fsp3) is 0.278. The Hall–Kier alpha value is -4.26. The minimum Gasteiger partial charge on any atom is -0.348 e. The van der Waals surface area contributed by atoms with Gasteiger partial charge in [-0.2, -0.15) is 0 Å². The third-order valence-corrected chi connectivity index (χ3v) is 7.41. The molecular weight excluding hydrogens is 520 g/mol. The largest absolute Gasteiger partial charge is 0.348 e. The van der Waals surface area contributed by atoms with Gasteiger partial charge in [-0.3, -0.25) is 9.59 Å². The van der Waals surface area contributed by atoms with Crippen molar-refractivity contribution in [3.8, 4) is 0 Å². The molecule has 6 nitrogen and oxygen atoms in total. The molecule has 0 aliphatic carbocycles. The topological polar surface area (TPSA) is 87.5 Å². The lowest BCUT2D eigenvalue weighted by atomic mass is 9.86. The van der Waals surface area contributed by atoms with Crippen molar-refractivity contribution < 1.29 is 9.59 Å². The van der Waals surface area contributed by atoms with Crippen LogP contribution in [-0.2, 0) is 31.5 Å². The number of nitrogens with zero attached hydrogens (tertiary/aromatic N) is 1. The van der Waals surface area contributed by atoms with Crippen LogP contribution in [0.3, 0.4) is 0 Å². The number of carbonyl (C=O) groups excluding carboxylic acids is 2. The van der Waals surface area contributed by atoms with Gasteiger partial charge < -0.3 is 21.3 Å². The molecule has 0 aliphatic rings. The van der Waals surface area contributed by atoms with Gasteiger partial charge in [0.1, 0.15) is 0 Å². The molecule has 2 amide bonds. The van der Waals surface area contributed by atoms with E-state index < -0.39 is 0 Å². The Kier molecular flexibility index (Phi) is 10.3. The summed E-state index contributed by atoms with van der Waals surface area (Å²) in [6.45, 7) is 8.81. The predicted octanol–water partition coefficient (Wildman–Crippen LogP) is 6.30. The first kappa shape index (κ1) is 30.7. The summed E-state index contributed by atoms with van der Waals surface area (Å²) in [5.41, 5.74) is 12.8. The molecule has 0 fully saturated rings. The van der Waals surface area contributed by atoms with Crippen LogP contribution < -0.4 is 16.4 Å². The van der Waals surface area contributed by atoms with Crippen LogP contribution >= 0.6 is 0 Å². The maximum absolute atomic E-state index is 13.3. The third-order valence-electron chi connectivity index (χ3n) is 7.41. The lowest BCUT2D eigenvalue weighted by molar-refractivity contribution is 0.0949. The molecule has 6 heteroatoms. The summed E-state index contributed by atoms with van der Waals surface area (Å²) in [5.74, 6) is -0.409. The van der Waals surface area contributed by atoms with Gasteiger partial charge in [0.05, 0.1) is 0 Å². The molecular formula is C36H42N4O2. The Morgan fingerprint density at radius 1 is 0.762 bits per heavy atom. The highest BCUT2D eigenvalue weighted by molar-refractivity contribution is 6.05. The van der Waals surface area contributed by atoms with Crippen molar-refractivity contribution in [3.05, 3.63) is 136 Å². The fourth-order valence-electron chi connectivity index (χ4n) is 4.70. The number of benzene rings is 4. The average molecular weight is 563 g/mol. The summed E-state index contributed by atoms with van der Waals surface area (Å²) < 4.78 is 0. The van der Waals surface area contributed by atoms with Gasteiger partial charge in [0.15, 0.2) is 0 Å². The molecule has 0 spiro atoms. The molecule has 4 N–H and O–H groups in total. The lowest BCUT2D eigenvalue weighted by Gasteiger charge is -2.21. The van der Waals surface area contributed by atoms with E-state index in [0.29, 0.717) is 36.4 Å². The number of amides is 2. The molecule has 0 aromatic heterocycles. The number of nitrogens with two attached hydrogens (primary N) is 1. The number of anilines is 1. The highest BCUT2D eigenvalue weighted by Crippen LogP contribution is 2.24. The van der Waals surface area contributed by atoms with Crippen molar-refractivity contribution in [3.63, 3.8) is 0 Å². The van der Waals surface area contributed by atoms with E-state index in [1.807, 2.05) is 66.7 Å². The molecule has 0 saturated heterocycles. The SMILES string of the molecule is CN(CCc1ccccc1)Cc1ccc(C(=O)NCc2ccc(CN)cc2)cc1NC(=O)c1ccc(C(C)(C)C)cc1. The number of likely N-dealkylation sites (N-methyl/N-ethyl adjacent to an activating group) is 1. The van der Waals surface area contributed by atoms with E-state index in [0.717, 1.165) is 35.2 Å². The number of carbonyl (C=O) groups is 2.